The van der Waals surface area contributed by atoms with Crippen LogP contribution in [0.15, 0.2) is 17.3 Å². The smallest absolute Gasteiger partial charge is 0.243 e. The zero-order chi connectivity index (χ0) is 15.5. The Labute approximate surface area is 125 Å². The van der Waals surface area contributed by atoms with Crippen LogP contribution in [0.25, 0.3) is 0 Å². The van der Waals surface area contributed by atoms with Gasteiger partial charge in [-0.05, 0) is 26.9 Å². The molecular weight excluding hydrogens is 292 g/mol. The summed E-state index contributed by atoms with van der Waals surface area (Å²) in [5, 5.41) is 0. The number of likely N-dealkylation sites (N-methyl/N-ethyl adjacent to an activating group) is 1. The van der Waals surface area contributed by atoms with E-state index in [0.717, 1.165) is 25.7 Å². The molecule has 8 nitrogen and oxygen atoms in total. The van der Waals surface area contributed by atoms with Crippen LogP contribution in [0.1, 0.15) is 25.7 Å². The largest absolute Gasteiger partial charge is 0.302 e. The molecule has 0 atom stereocenters. The van der Waals surface area contributed by atoms with E-state index in [1.165, 1.54) is 12.4 Å². The second-order valence-electron chi connectivity index (χ2n) is 5.54. The lowest BCUT2D eigenvalue weighted by molar-refractivity contribution is 0.162. The average Bonchev–Trinajstić information content (AvgIpc) is 2.96. The van der Waals surface area contributed by atoms with E-state index in [2.05, 4.69) is 25.0 Å². The third kappa shape index (κ3) is 3.49. The van der Waals surface area contributed by atoms with E-state index >= 15 is 0 Å². The van der Waals surface area contributed by atoms with Crippen LogP contribution in [-0.2, 0) is 10.0 Å². The highest BCUT2D eigenvalue weighted by molar-refractivity contribution is 7.89. The van der Waals surface area contributed by atoms with Gasteiger partial charge in [-0.1, -0.05) is 12.8 Å². The second kappa shape index (κ2) is 6.22. The molecule has 2 rings (SSSR count). The van der Waals surface area contributed by atoms with Gasteiger partial charge in [0.1, 0.15) is 4.90 Å². The minimum Gasteiger partial charge on any atom is -0.302 e. The Balaban J connectivity index is 2.10. The summed E-state index contributed by atoms with van der Waals surface area (Å²) in [6.07, 6.45) is 6.72. The van der Waals surface area contributed by atoms with Crippen molar-refractivity contribution < 1.29 is 8.42 Å². The molecule has 0 radical (unpaired) electrons. The molecular formula is C12H22N6O2S. The third-order valence-corrected chi connectivity index (χ3v) is 5.50. The van der Waals surface area contributed by atoms with Crippen LogP contribution in [0.4, 0.5) is 5.95 Å². The Morgan fingerprint density at radius 3 is 2.33 bits per heavy atom. The summed E-state index contributed by atoms with van der Waals surface area (Å²) in [6, 6.07) is 0. The van der Waals surface area contributed by atoms with Gasteiger partial charge in [-0.2, -0.15) is 0 Å². The molecule has 0 bridgehead atoms. The summed E-state index contributed by atoms with van der Waals surface area (Å²) in [5.74, 6) is 5.33. The maximum atomic E-state index is 12.3. The van der Waals surface area contributed by atoms with E-state index in [1.807, 2.05) is 14.1 Å². The molecule has 1 aromatic rings. The molecule has 0 amide bonds. The van der Waals surface area contributed by atoms with E-state index in [9.17, 15) is 8.42 Å². The molecule has 1 aliphatic carbocycles. The Kier molecular flexibility index (Phi) is 4.77. The van der Waals surface area contributed by atoms with Crippen LogP contribution >= 0.6 is 0 Å². The first-order chi connectivity index (χ1) is 9.89. The fourth-order valence-corrected chi connectivity index (χ4v) is 3.67. The number of hydrogen-bond donors (Lipinski definition) is 3. The molecule has 0 spiro atoms. The van der Waals surface area contributed by atoms with E-state index in [-0.39, 0.29) is 16.4 Å². The summed E-state index contributed by atoms with van der Waals surface area (Å²) in [4.78, 5) is 9.78. The highest BCUT2D eigenvalue weighted by Crippen LogP contribution is 2.33. The molecule has 0 aromatic carbocycles. The topological polar surface area (TPSA) is 113 Å². The van der Waals surface area contributed by atoms with Crippen molar-refractivity contribution >= 4 is 16.0 Å². The third-order valence-electron chi connectivity index (χ3n) is 4.14. The van der Waals surface area contributed by atoms with E-state index in [1.54, 1.807) is 0 Å². The lowest BCUT2D eigenvalue weighted by Gasteiger charge is -2.36. The van der Waals surface area contributed by atoms with Crippen molar-refractivity contribution in [2.75, 3.05) is 26.1 Å². The van der Waals surface area contributed by atoms with Gasteiger partial charge in [0, 0.05) is 12.1 Å². The van der Waals surface area contributed by atoms with Crippen molar-refractivity contribution in [1.82, 2.24) is 19.6 Å². The fraction of sp³-hybridized carbons (Fsp3) is 0.667. The van der Waals surface area contributed by atoms with E-state index < -0.39 is 10.0 Å². The summed E-state index contributed by atoms with van der Waals surface area (Å²) >= 11 is 0. The molecule has 21 heavy (non-hydrogen) atoms. The zero-order valence-corrected chi connectivity index (χ0v) is 13.2. The first kappa shape index (κ1) is 16.1. The summed E-state index contributed by atoms with van der Waals surface area (Å²) in [6.45, 7) is 0.388. The van der Waals surface area contributed by atoms with Crippen molar-refractivity contribution in [1.29, 1.82) is 0 Å². The van der Waals surface area contributed by atoms with Gasteiger partial charge in [-0.3, -0.25) is 5.43 Å². The number of hydrazine groups is 1. The maximum absolute atomic E-state index is 12.3. The number of sulfonamides is 1. The Bertz CT molecular complexity index is 566. The number of nitrogens with two attached hydrogens (primary N) is 1. The second-order valence-corrected chi connectivity index (χ2v) is 7.30. The Morgan fingerprint density at radius 1 is 1.29 bits per heavy atom. The summed E-state index contributed by atoms with van der Waals surface area (Å²) in [5.41, 5.74) is 2.15. The average molecular weight is 314 g/mol. The van der Waals surface area contributed by atoms with Gasteiger partial charge < -0.3 is 4.90 Å². The number of aromatic nitrogens is 2. The van der Waals surface area contributed by atoms with Crippen molar-refractivity contribution in [2.45, 2.75) is 36.1 Å². The Morgan fingerprint density at radius 2 is 1.86 bits per heavy atom. The number of nitrogens with zero attached hydrogens (tertiary/aromatic N) is 3. The van der Waals surface area contributed by atoms with Gasteiger partial charge in [0.2, 0.25) is 16.0 Å². The van der Waals surface area contributed by atoms with Crippen molar-refractivity contribution in [3.05, 3.63) is 12.4 Å². The van der Waals surface area contributed by atoms with Crippen LogP contribution in [0.5, 0.6) is 0 Å². The molecule has 1 heterocycles. The minimum absolute atomic E-state index is 0.0356. The van der Waals surface area contributed by atoms with Gasteiger partial charge in [0.05, 0.1) is 12.4 Å². The molecule has 9 heteroatoms. The van der Waals surface area contributed by atoms with E-state index in [0.29, 0.717) is 6.54 Å². The fourth-order valence-electron chi connectivity index (χ4n) is 2.66. The normalized spacial score (nSPS) is 18.1. The first-order valence-electron chi connectivity index (χ1n) is 6.85. The molecule has 0 saturated heterocycles. The Hall–Kier alpha value is -1.29. The van der Waals surface area contributed by atoms with Gasteiger partial charge in [-0.25, -0.2) is 29.0 Å². The standard InChI is InChI=1S/C12H22N6O2S/c1-18(2)12(5-3-4-6-12)9-16-21(19,20)10-7-14-11(17-13)15-8-10/h7-8,16H,3-6,9,13H2,1-2H3,(H,14,15,17). The lowest BCUT2D eigenvalue weighted by Crippen LogP contribution is -2.50. The van der Waals surface area contributed by atoms with Gasteiger partial charge in [-0.15, -0.1) is 0 Å². The number of anilines is 1. The molecule has 0 unspecified atom stereocenters. The highest BCUT2D eigenvalue weighted by atomic mass is 32.2. The van der Waals surface area contributed by atoms with Crippen LogP contribution in [0.2, 0.25) is 0 Å². The number of nitrogen functional groups attached to an aromatic ring is 1. The number of hydrogen-bond acceptors (Lipinski definition) is 7. The molecule has 4 N–H and O–H groups in total. The van der Waals surface area contributed by atoms with Crippen LogP contribution in [0.3, 0.4) is 0 Å². The zero-order valence-electron chi connectivity index (χ0n) is 12.3. The predicted molar refractivity (Wildman–Crippen MR) is 79.9 cm³/mol. The van der Waals surface area contributed by atoms with Crippen LogP contribution in [0, 0.1) is 0 Å². The predicted octanol–water partition coefficient (Wildman–Crippen LogP) is -0.0851. The molecule has 1 saturated carbocycles. The number of rotatable bonds is 6. The van der Waals surface area contributed by atoms with Crippen molar-refractivity contribution in [3.63, 3.8) is 0 Å². The summed E-state index contributed by atoms with van der Waals surface area (Å²) < 4.78 is 27.3. The molecule has 1 aliphatic rings. The SMILES string of the molecule is CN(C)C1(CNS(=O)(=O)c2cnc(NN)nc2)CCCC1. The van der Waals surface area contributed by atoms with E-state index in [4.69, 9.17) is 5.84 Å². The molecule has 1 aromatic heterocycles. The van der Waals surface area contributed by atoms with Crippen molar-refractivity contribution in [3.8, 4) is 0 Å². The quantitative estimate of drug-likeness (QED) is 0.497. The monoisotopic (exact) mass is 314 g/mol. The summed E-state index contributed by atoms with van der Waals surface area (Å²) in [7, 11) is 0.366. The maximum Gasteiger partial charge on any atom is 0.243 e. The van der Waals surface area contributed by atoms with Crippen LogP contribution in [-0.4, -0.2) is 49.5 Å². The van der Waals surface area contributed by atoms with Gasteiger partial charge >= 0.3 is 0 Å². The van der Waals surface area contributed by atoms with Crippen LogP contribution < -0.4 is 16.0 Å². The lowest BCUT2D eigenvalue weighted by atomic mass is 9.97. The molecule has 0 aliphatic heterocycles. The minimum atomic E-state index is -3.61. The van der Waals surface area contributed by atoms with Crippen molar-refractivity contribution in [2.24, 2.45) is 5.84 Å². The van der Waals surface area contributed by atoms with Gasteiger partial charge in [0.15, 0.2) is 0 Å². The molecule has 1 fully saturated rings. The van der Waals surface area contributed by atoms with Gasteiger partial charge in [0.25, 0.3) is 0 Å². The first-order valence-corrected chi connectivity index (χ1v) is 8.34. The molecule has 118 valence electrons. The highest BCUT2D eigenvalue weighted by Gasteiger charge is 2.37. The number of nitrogens with one attached hydrogen (secondary N) is 2.